The Morgan fingerprint density at radius 3 is 2.71 bits per heavy atom. The first kappa shape index (κ1) is 19.7. The van der Waals surface area contributed by atoms with Gasteiger partial charge < -0.3 is 19.9 Å². The number of carbonyl (C=O) groups excluding carboxylic acids is 2. The Morgan fingerprint density at radius 1 is 1.21 bits per heavy atom. The number of hydrogen-bond donors (Lipinski definition) is 1. The maximum Gasteiger partial charge on any atom is 0.321 e. The molecule has 3 rings (SSSR count). The largest absolute Gasteiger partial charge is 0.472 e. The van der Waals surface area contributed by atoms with Crippen molar-refractivity contribution < 1.29 is 14.3 Å². The minimum atomic E-state index is -0.200. The summed E-state index contributed by atoms with van der Waals surface area (Å²) in [6.45, 7) is 5.09. The van der Waals surface area contributed by atoms with Crippen LogP contribution in [0.15, 0.2) is 36.5 Å². The molecular formula is C21H26N4O3. The highest BCUT2D eigenvalue weighted by Crippen LogP contribution is 2.22. The summed E-state index contributed by atoms with van der Waals surface area (Å²) in [5.74, 6) is 0.146. The van der Waals surface area contributed by atoms with Crippen LogP contribution in [0, 0.1) is 13.8 Å². The van der Waals surface area contributed by atoms with Gasteiger partial charge in [-0.3, -0.25) is 4.79 Å². The number of urea groups is 1. The van der Waals surface area contributed by atoms with Crippen LogP contribution in [0.2, 0.25) is 0 Å². The molecule has 1 fully saturated rings. The molecule has 0 saturated carbocycles. The molecule has 3 amide bonds. The number of nitrogens with one attached hydrogen (secondary N) is 1. The van der Waals surface area contributed by atoms with Crippen LogP contribution in [0.3, 0.4) is 0 Å². The van der Waals surface area contributed by atoms with E-state index >= 15 is 0 Å². The predicted molar refractivity (Wildman–Crippen MR) is 108 cm³/mol. The first-order valence-corrected chi connectivity index (χ1v) is 9.31. The lowest BCUT2D eigenvalue weighted by molar-refractivity contribution is 0.0818. The van der Waals surface area contributed by atoms with Crippen LogP contribution < -0.4 is 10.1 Å². The highest BCUT2D eigenvalue weighted by Gasteiger charge is 2.29. The molecule has 1 aromatic heterocycles. The van der Waals surface area contributed by atoms with Gasteiger partial charge in [-0.2, -0.15) is 0 Å². The molecule has 0 aliphatic carbocycles. The molecule has 0 spiro atoms. The topological polar surface area (TPSA) is 74.8 Å². The monoisotopic (exact) mass is 382 g/mol. The van der Waals surface area contributed by atoms with Gasteiger partial charge in [-0.05, 0) is 49.2 Å². The number of aromatic nitrogens is 1. The standard InChI is InChI=1S/C21H26N4O3/c1-14-7-8-16(12-15(14)2)23-21(27)25-11-9-17(13-25)28-19-18(6-5-10-22-19)20(26)24(3)4/h5-8,10,12,17H,9,11,13H2,1-4H3,(H,23,27). The molecule has 28 heavy (non-hydrogen) atoms. The van der Waals surface area contributed by atoms with Crippen molar-refractivity contribution in [2.24, 2.45) is 0 Å². The number of ether oxygens (including phenoxy) is 1. The number of likely N-dealkylation sites (tertiary alicyclic amines) is 1. The van der Waals surface area contributed by atoms with E-state index in [4.69, 9.17) is 4.74 Å². The molecule has 1 saturated heterocycles. The number of nitrogens with zero attached hydrogens (tertiary/aromatic N) is 3. The van der Waals surface area contributed by atoms with Crippen molar-refractivity contribution in [3.8, 4) is 5.88 Å². The van der Waals surface area contributed by atoms with Gasteiger partial charge in [-0.1, -0.05) is 6.07 Å². The summed E-state index contributed by atoms with van der Waals surface area (Å²) >= 11 is 0. The molecule has 0 bridgehead atoms. The van der Waals surface area contributed by atoms with Crippen LogP contribution in [-0.2, 0) is 0 Å². The summed E-state index contributed by atoms with van der Waals surface area (Å²) in [7, 11) is 3.38. The van der Waals surface area contributed by atoms with Gasteiger partial charge in [0.2, 0.25) is 5.88 Å². The van der Waals surface area contributed by atoms with E-state index in [0.717, 1.165) is 11.3 Å². The van der Waals surface area contributed by atoms with Crippen molar-refractivity contribution in [1.82, 2.24) is 14.8 Å². The number of hydrogen-bond acceptors (Lipinski definition) is 4. The summed E-state index contributed by atoms with van der Waals surface area (Å²) in [6.07, 6.45) is 2.09. The predicted octanol–water partition coefficient (Wildman–Crippen LogP) is 3.09. The minimum Gasteiger partial charge on any atom is -0.472 e. The highest BCUT2D eigenvalue weighted by atomic mass is 16.5. The molecular weight excluding hydrogens is 356 g/mol. The number of aryl methyl sites for hydroxylation is 2. The molecule has 1 aliphatic heterocycles. The van der Waals surface area contributed by atoms with Crippen molar-refractivity contribution >= 4 is 17.6 Å². The maximum atomic E-state index is 12.6. The second-order valence-electron chi connectivity index (χ2n) is 7.26. The van der Waals surface area contributed by atoms with Gasteiger partial charge in [0.1, 0.15) is 11.7 Å². The molecule has 0 radical (unpaired) electrons. The Labute approximate surface area is 165 Å². The van der Waals surface area contributed by atoms with Crippen molar-refractivity contribution in [2.75, 3.05) is 32.5 Å². The molecule has 148 valence electrons. The Balaban J connectivity index is 1.62. The van der Waals surface area contributed by atoms with Gasteiger partial charge in [0.25, 0.3) is 5.91 Å². The van der Waals surface area contributed by atoms with Gasteiger partial charge >= 0.3 is 6.03 Å². The smallest absolute Gasteiger partial charge is 0.321 e. The third kappa shape index (κ3) is 4.42. The normalized spacial score (nSPS) is 16.0. The fourth-order valence-electron chi connectivity index (χ4n) is 3.08. The molecule has 2 heterocycles. The van der Waals surface area contributed by atoms with Gasteiger partial charge in [0.15, 0.2) is 0 Å². The summed E-state index contributed by atoms with van der Waals surface area (Å²) < 4.78 is 5.96. The van der Waals surface area contributed by atoms with Crippen molar-refractivity contribution in [2.45, 2.75) is 26.4 Å². The van der Waals surface area contributed by atoms with Crippen LogP contribution in [0.5, 0.6) is 5.88 Å². The number of anilines is 1. The number of carbonyl (C=O) groups is 2. The van der Waals surface area contributed by atoms with E-state index in [1.807, 2.05) is 32.0 Å². The first-order valence-electron chi connectivity index (χ1n) is 9.31. The first-order chi connectivity index (χ1) is 13.3. The number of pyridine rings is 1. The van der Waals surface area contributed by atoms with Gasteiger partial charge in [-0.25, -0.2) is 9.78 Å². The SMILES string of the molecule is Cc1ccc(NC(=O)N2CCC(Oc3ncccc3C(=O)N(C)C)C2)cc1C. The summed E-state index contributed by atoms with van der Waals surface area (Å²) in [6, 6.07) is 9.11. The quantitative estimate of drug-likeness (QED) is 0.882. The van der Waals surface area contributed by atoms with Gasteiger partial charge in [0.05, 0.1) is 6.54 Å². The molecule has 1 aromatic carbocycles. The molecule has 7 heteroatoms. The van der Waals surface area contributed by atoms with E-state index in [9.17, 15) is 9.59 Å². The van der Waals surface area contributed by atoms with Gasteiger partial charge in [0, 0.05) is 38.9 Å². The fraction of sp³-hybridized carbons (Fsp3) is 0.381. The number of rotatable bonds is 4. The number of benzene rings is 1. The van der Waals surface area contributed by atoms with E-state index in [2.05, 4.69) is 10.3 Å². The zero-order valence-electron chi connectivity index (χ0n) is 16.7. The molecule has 1 atom stereocenters. The average Bonchev–Trinajstić information content (AvgIpc) is 3.13. The molecule has 1 aliphatic rings. The molecule has 1 N–H and O–H groups in total. The Hall–Kier alpha value is -3.09. The lowest BCUT2D eigenvalue weighted by Gasteiger charge is -2.19. The Kier molecular flexibility index (Phi) is 5.82. The van der Waals surface area contributed by atoms with E-state index < -0.39 is 0 Å². The molecule has 1 unspecified atom stereocenters. The van der Waals surface area contributed by atoms with Crippen LogP contribution >= 0.6 is 0 Å². The van der Waals surface area contributed by atoms with Gasteiger partial charge in [-0.15, -0.1) is 0 Å². The molecule has 2 aromatic rings. The Bertz CT molecular complexity index is 882. The molecule has 7 nitrogen and oxygen atoms in total. The Morgan fingerprint density at radius 2 is 2.00 bits per heavy atom. The highest BCUT2D eigenvalue weighted by molar-refractivity contribution is 5.96. The second kappa shape index (κ2) is 8.29. The summed E-state index contributed by atoms with van der Waals surface area (Å²) in [4.78, 5) is 32.3. The third-order valence-corrected chi connectivity index (χ3v) is 4.88. The third-order valence-electron chi connectivity index (χ3n) is 4.88. The lowest BCUT2D eigenvalue weighted by atomic mass is 10.1. The van der Waals surface area contributed by atoms with Crippen LogP contribution in [0.1, 0.15) is 27.9 Å². The van der Waals surface area contributed by atoms with E-state index in [1.54, 1.807) is 37.3 Å². The second-order valence-corrected chi connectivity index (χ2v) is 7.26. The van der Waals surface area contributed by atoms with Crippen LogP contribution in [0.25, 0.3) is 0 Å². The van der Waals surface area contributed by atoms with E-state index in [0.29, 0.717) is 31.0 Å². The fourth-order valence-corrected chi connectivity index (χ4v) is 3.08. The maximum absolute atomic E-state index is 12.6. The lowest BCUT2D eigenvalue weighted by Crippen LogP contribution is -2.34. The van der Waals surface area contributed by atoms with E-state index in [-0.39, 0.29) is 18.0 Å². The van der Waals surface area contributed by atoms with E-state index in [1.165, 1.54) is 10.5 Å². The van der Waals surface area contributed by atoms with Crippen molar-refractivity contribution in [3.05, 3.63) is 53.2 Å². The van der Waals surface area contributed by atoms with Crippen LogP contribution in [0.4, 0.5) is 10.5 Å². The van der Waals surface area contributed by atoms with Crippen LogP contribution in [-0.4, -0.2) is 60.0 Å². The minimum absolute atomic E-state index is 0.153. The zero-order chi connectivity index (χ0) is 20.3. The zero-order valence-corrected chi connectivity index (χ0v) is 16.7. The number of amides is 3. The summed E-state index contributed by atoms with van der Waals surface area (Å²) in [5.41, 5.74) is 3.52. The summed E-state index contributed by atoms with van der Waals surface area (Å²) in [5, 5.41) is 2.94. The van der Waals surface area contributed by atoms with Crippen molar-refractivity contribution in [3.63, 3.8) is 0 Å². The average molecular weight is 382 g/mol. The van der Waals surface area contributed by atoms with Crippen molar-refractivity contribution in [1.29, 1.82) is 0 Å².